The van der Waals surface area contributed by atoms with Gasteiger partial charge in [0.15, 0.2) is 11.5 Å². The predicted molar refractivity (Wildman–Crippen MR) is 124 cm³/mol. The minimum atomic E-state index is -1.72. The van der Waals surface area contributed by atoms with Crippen LogP contribution in [-0.4, -0.2) is 44.3 Å². The van der Waals surface area contributed by atoms with Gasteiger partial charge in [0.1, 0.15) is 23.8 Å². The number of halogens is 3. The second-order valence-corrected chi connectivity index (χ2v) is 9.21. The SMILES string of the molecule is CC(C)(F)c1nc(C2CCN(c3ncnc4c(-c5ccc(C(=O)O)c(F)c5)ccc(F)c34)CC2)no1. The van der Waals surface area contributed by atoms with E-state index < -0.39 is 28.8 Å². The number of rotatable bonds is 5. The highest BCUT2D eigenvalue weighted by Crippen LogP contribution is 2.36. The van der Waals surface area contributed by atoms with Crippen molar-refractivity contribution in [1.29, 1.82) is 0 Å². The van der Waals surface area contributed by atoms with E-state index in [1.807, 2.05) is 4.90 Å². The first kappa shape index (κ1) is 23.7. The molecule has 11 heteroatoms. The average molecular weight is 497 g/mol. The maximum atomic E-state index is 15.1. The third-order valence-electron chi connectivity index (χ3n) is 6.34. The molecule has 2 aromatic heterocycles. The first-order chi connectivity index (χ1) is 17.1. The van der Waals surface area contributed by atoms with E-state index in [0.29, 0.717) is 48.7 Å². The average Bonchev–Trinajstić information content (AvgIpc) is 3.35. The Kier molecular flexibility index (Phi) is 5.85. The van der Waals surface area contributed by atoms with Crippen molar-refractivity contribution in [3.8, 4) is 11.1 Å². The largest absolute Gasteiger partial charge is 0.478 e. The first-order valence-corrected chi connectivity index (χ1v) is 11.4. The molecule has 1 aliphatic rings. The summed E-state index contributed by atoms with van der Waals surface area (Å²) < 4.78 is 48.6. The predicted octanol–water partition coefficient (Wildman–Crippen LogP) is 5.24. The number of benzene rings is 2. The van der Waals surface area contributed by atoms with E-state index in [2.05, 4.69) is 20.1 Å². The molecule has 0 atom stereocenters. The van der Waals surface area contributed by atoms with Crippen molar-refractivity contribution in [1.82, 2.24) is 20.1 Å². The molecule has 2 aromatic carbocycles. The number of fused-ring (bicyclic) bond motifs is 1. The van der Waals surface area contributed by atoms with E-state index >= 15 is 4.39 Å². The van der Waals surface area contributed by atoms with Crippen LogP contribution < -0.4 is 4.90 Å². The van der Waals surface area contributed by atoms with Crippen molar-refractivity contribution in [3.05, 3.63) is 65.6 Å². The van der Waals surface area contributed by atoms with E-state index in [1.54, 1.807) is 0 Å². The summed E-state index contributed by atoms with van der Waals surface area (Å²) in [4.78, 5) is 25.9. The van der Waals surface area contributed by atoms with Crippen LogP contribution in [-0.2, 0) is 5.67 Å². The summed E-state index contributed by atoms with van der Waals surface area (Å²) in [6.45, 7) is 3.74. The summed E-state index contributed by atoms with van der Waals surface area (Å²) in [5, 5.41) is 13.2. The maximum Gasteiger partial charge on any atom is 0.338 e. The molecule has 0 unspecified atom stereocenters. The Labute approximate surface area is 203 Å². The van der Waals surface area contributed by atoms with Crippen molar-refractivity contribution < 1.29 is 27.6 Å². The van der Waals surface area contributed by atoms with Gasteiger partial charge in [0, 0.05) is 24.6 Å². The molecule has 1 N–H and O–H groups in total. The van der Waals surface area contributed by atoms with Crippen molar-refractivity contribution in [2.24, 2.45) is 0 Å². The van der Waals surface area contributed by atoms with Gasteiger partial charge in [-0.1, -0.05) is 11.2 Å². The second-order valence-electron chi connectivity index (χ2n) is 9.21. The highest BCUT2D eigenvalue weighted by Gasteiger charge is 2.31. The Bertz CT molecular complexity index is 1460. The fourth-order valence-electron chi connectivity index (χ4n) is 4.44. The lowest BCUT2D eigenvalue weighted by Crippen LogP contribution is -2.34. The third-order valence-corrected chi connectivity index (χ3v) is 6.34. The standard InChI is InChI=1S/C25H22F3N5O3/c1-25(2,28)24-31-21(32-36-24)13-7-9-33(10-8-13)22-19-17(26)6-5-15(20(19)29-12-30-22)14-3-4-16(23(34)35)18(27)11-14/h3-6,11-13H,7-10H2,1-2H3,(H,34,35). The highest BCUT2D eigenvalue weighted by molar-refractivity contribution is 6.00. The van der Waals surface area contributed by atoms with E-state index in [-0.39, 0.29) is 22.7 Å². The fraction of sp³-hybridized carbons (Fsp3) is 0.320. The van der Waals surface area contributed by atoms with Gasteiger partial charge in [-0.05, 0) is 56.5 Å². The number of anilines is 1. The molecule has 0 bridgehead atoms. The molecule has 0 amide bonds. The molecule has 1 saturated heterocycles. The number of carboxylic acids is 1. The Morgan fingerprint density at radius 1 is 1.11 bits per heavy atom. The van der Waals surface area contributed by atoms with Gasteiger partial charge in [0.05, 0.1) is 16.5 Å². The van der Waals surface area contributed by atoms with Gasteiger partial charge < -0.3 is 14.5 Å². The van der Waals surface area contributed by atoms with Gasteiger partial charge in [-0.2, -0.15) is 4.98 Å². The molecule has 5 rings (SSSR count). The van der Waals surface area contributed by atoms with Gasteiger partial charge in [0.2, 0.25) is 0 Å². The van der Waals surface area contributed by atoms with Gasteiger partial charge in [-0.3, -0.25) is 0 Å². The quantitative estimate of drug-likeness (QED) is 0.399. The Morgan fingerprint density at radius 3 is 2.50 bits per heavy atom. The molecule has 0 spiro atoms. The lowest BCUT2D eigenvalue weighted by molar-refractivity contribution is 0.0692. The number of hydrogen-bond donors (Lipinski definition) is 1. The molecule has 0 saturated carbocycles. The monoisotopic (exact) mass is 497 g/mol. The van der Waals surface area contributed by atoms with Crippen molar-refractivity contribution in [2.75, 3.05) is 18.0 Å². The van der Waals surface area contributed by atoms with Gasteiger partial charge in [0.25, 0.3) is 5.89 Å². The number of carbonyl (C=O) groups is 1. The Balaban J connectivity index is 1.45. The second kappa shape index (κ2) is 8.89. The summed E-state index contributed by atoms with van der Waals surface area (Å²) in [5.74, 6) is -2.05. The molecule has 186 valence electrons. The molecule has 3 heterocycles. The van der Waals surface area contributed by atoms with Crippen molar-refractivity contribution >= 4 is 22.7 Å². The van der Waals surface area contributed by atoms with Crippen LogP contribution in [0.2, 0.25) is 0 Å². The minimum Gasteiger partial charge on any atom is -0.478 e. The van der Waals surface area contributed by atoms with Crippen LogP contribution >= 0.6 is 0 Å². The topological polar surface area (TPSA) is 105 Å². The van der Waals surface area contributed by atoms with Crippen LogP contribution in [0, 0.1) is 11.6 Å². The van der Waals surface area contributed by atoms with Gasteiger partial charge in [-0.25, -0.2) is 27.9 Å². The van der Waals surface area contributed by atoms with Crippen LogP contribution in [0.4, 0.5) is 19.0 Å². The molecule has 1 aliphatic heterocycles. The zero-order valence-electron chi connectivity index (χ0n) is 19.5. The lowest BCUT2D eigenvalue weighted by atomic mass is 9.95. The molecule has 8 nitrogen and oxygen atoms in total. The summed E-state index contributed by atoms with van der Waals surface area (Å²) in [7, 11) is 0. The van der Waals surface area contributed by atoms with E-state index in [4.69, 9.17) is 9.63 Å². The Hall–Kier alpha value is -4.02. The lowest BCUT2D eigenvalue weighted by Gasteiger charge is -2.32. The normalized spacial score (nSPS) is 15.0. The number of piperidine rings is 1. The van der Waals surface area contributed by atoms with Crippen LogP contribution in [0.25, 0.3) is 22.0 Å². The molecular formula is C25H22F3N5O3. The Morgan fingerprint density at radius 2 is 1.86 bits per heavy atom. The molecule has 0 radical (unpaired) electrons. The molecule has 1 fully saturated rings. The number of nitrogens with zero attached hydrogens (tertiary/aromatic N) is 5. The molecule has 36 heavy (non-hydrogen) atoms. The van der Waals surface area contributed by atoms with Crippen LogP contribution in [0.5, 0.6) is 0 Å². The zero-order valence-corrected chi connectivity index (χ0v) is 19.5. The summed E-state index contributed by atoms with van der Waals surface area (Å²) in [6, 6.07) is 6.48. The van der Waals surface area contributed by atoms with E-state index in [9.17, 15) is 13.6 Å². The molecule has 4 aromatic rings. The number of carboxylic acid groups (broad SMARTS) is 1. The number of hydrogen-bond acceptors (Lipinski definition) is 7. The highest BCUT2D eigenvalue weighted by atomic mass is 19.1. The van der Waals surface area contributed by atoms with Crippen molar-refractivity contribution in [2.45, 2.75) is 38.3 Å². The maximum absolute atomic E-state index is 15.1. The summed E-state index contributed by atoms with van der Waals surface area (Å²) >= 11 is 0. The van der Waals surface area contributed by atoms with E-state index in [1.165, 1.54) is 44.4 Å². The summed E-state index contributed by atoms with van der Waals surface area (Å²) in [5.41, 5.74) is -1.06. The van der Waals surface area contributed by atoms with Gasteiger partial charge in [-0.15, -0.1) is 0 Å². The summed E-state index contributed by atoms with van der Waals surface area (Å²) in [6.07, 6.45) is 2.57. The number of aromatic nitrogens is 4. The molecular weight excluding hydrogens is 475 g/mol. The van der Waals surface area contributed by atoms with Crippen LogP contribution in [0.1, 0.15) is 54.7 Å². The first-order valence-electron chi connectivity index (χ1n) is 11.4. The smallest absolute Gasteiger partial charge is 0.338 e. The third kappa shape index (κ3) is 4.25. The van der Waals surface area contributed by atoms with E-state index in [0.717, 1.165) is 6.07 Å². The number of alkyl halides is 1. The minimum absolute atomic E-state index is 0.0367. The van der Waals surface area contributed by atoms with Crippen molar-refractivity contribution in [3.63, 3.8) is 0 Å². The fourth-order valence-corrected chi connectivity index (χ4v) is 4.44. The zero-order chi connectivity index (χ0) is 25.6. The van der Waals surface area contributed by atoms with Gasteiger partial charge >= 0.3 is 5.97 Å². The molecule has 0 aliphatic carbocycles. The van der Waals surface area contributed by atoms with Crippen LogP contribution in [0.15, 0.2) is 41.2 Å². The van der Waals surface area contributed by atoms with Crippen LogP contribution in [0.3, 0.4) is 0 Å². The number of aromatic carboxylic acids is 1.